The highest BCUT2D eigenvalue weighted by Crippen LogP contribution is 2.30. The average molecular weight is 322 g/mol. The van der Waals surface area contributed by atoms with E-state index in [1.54, 1.807) is 11.3 Å². The summed E-state index contributed by atoms with van der Waals surface area (Å²) in [5.41, 5.74) is 0. The Labute approximate surface area is 134 Å². The molecule has 1 aliphatic heterocycles. The normalized spacial score (nSPS) is 26.0. The summed E-state index contributed by atoms with van der Waals surface area (Å²) in [5.74, 6) is 0.412. The van der Waals surface area contributed by atoms with Gasteiger partial charge in [0.1, 0.15) is 5.01 Å². The van der Waals surface area contributed by atoms with Gasteiger partial charge in [-0.15, -0.1) is 10.2 Å². The Morgan fingerprint density at radius 3 is 2.27 bits per heavy atom. The zero-order valence-corrected chi connectivity index (χ0v) is 13.9. The van der Waals surface area contributed by atoms with E-state index in [0.717, 1.165) is 35.8 Å². The Balaban J connectivity index is 1.53. The molecule has 1 saturated heterocycles. The first-order valence-electron chi connectivity index (χ1n) is 7.99. The van der Waals surface area contributed by atoms with Crippen LogP contribution in [0.15, 0.2) is 0 Å². The molecular weight excluding hydrogens is 300 g/mol. The molecule has 1 N–H and O–H groups in total. The molecule has 2 fully saturated rings. The van der Waals surface area contributed by atoms with E-state index in [2.05, 4.69) is 29.4 Å². The van der Waals surface area contributed by atoms with Gasteiger partial charge in [-0.05, 0) is 25.7 Å². The van der Waals surface area contributed by atoms with E-state index in [0.29, 0.717) is 24.8 Å². The van der Waals surface area contributed by atoms with Crippen molar-refractivity contribution >= 4 is 28.3 Å². The van der Waals surface area contributed by atoms with Crippen LogP contribution in [0.1, 0.15) is 63.3 Å². The van der Waals surface area contributed by atoms with Crippen LogP contribution in [-0.2, 0) is 9.59 Å². The minimum absolute atomic E-state index is 0.00658. The lowest BCUT2D eigenvalue weighted by molar-refractivity contribution is -0.141. The maximum atomic E-state index is 11.8. The Bertz CT molecular complexity index is 548. The molecule has 1 aromatic heterocycles. The predicted octanol–water partition coefficient (Wildman–Crippen LogP) is 2.53. The number of imide groups is 1. The van der Waals surface area contributed by atoms with Gasteiger partial charge in [-0.25, -0.2) is 0 Å². The number of aromatic nitrogens is 2. The molecule has 0 radical (unpaired) electrons. The van der Waals surface area contributed by atoms with Crippen LogP contribution in [0.25, 0.3) is 0 Å². The van der Waals surface area contributed by atoms with E-state index < -0.39 is 0 Å². The van der Waals surface area contributed by atoms with E-state index >= 15 is 0 Å². The largest absolute Gasteiger partial charge is 0.357 e. The van der Waals surface area contributed by atoms with Crippen LogP contribution < -0.4 is 5.32 Å². The third-order valence-electron chi connectivity index (χ3n) is 4.41. The first kappa shape index (κ1) is 15.4. The van der Waals surface area contributed by atoms with E-state index in [-0.39, 0.29) is 17.9 Å². The fourth-order valence-electron chi connectivity index (χ4n) is 3.18. The van der Waals surface area contributed by atoms with Crippen LogP contribution in [0.2, 0.25) is 0 Å². The lowest BCUT2D eigenvalue weighted by atomic mass is 9.90. The monoisotopic (exact) mass is 322 g/mol. The molecule has 2 heterocycles. The Kier molecular flexibility index (Phi) is 4.42. The van der Waals surface area contributed by atoms with Crippen LogP contribution in [0.5, 0.6) is 0 Å². The van der Waals surface area contributed by atoms with E-state index in [1.165, 1.54) is 4.90 Å². The SMILES string of the molecule is CC(C)c1nnc(NC2CCC(N3C(=O)CCC3=O)CC2)s1. The molecule has 0 unspecified atom stereocenters. The van der Waals surface area contributed by atoms with Crippen molar-refractivity contribution in [1.29, 1.82) is 0 Å². The van der Waals surface area contributed by atoms with Crippen LogP contribution in [0.3, 0.4) is 0 Å². The average Bonchev–Trinajstić information content (AvgIpc) is 3.08. The maximum Gasteiger partial charge on any atom is 0.229 e. The molecule has 0 atom stereocenters. The Morgan fingerprint density at radius 2 is 1.73 bits per heavy atom. The summed E-state index contributed by atoms with van der Waals surface area (Å²) in [6.45, 7) is 4.22. The topological polar surface area (TPSA) is 75.2 Å². The molecule has 1 saturated carbocycles. The fraction of sp³-hybridized carbons (Fsp3) is 0.733. The smallest absolute Gasteiger partial charge is 0.229 e. The summed E-state index contributed by atoms with van der Waals surface area (Å²) in [6.07, 6.45) is 4.45. The number of hydrogen-bond acceptors (Lipinski definition) is 6. The number of anilines is 1. The van der Waals surface area contributed by atoms with Gasteiger partial charge in [0.05, 0.1) is 0 Å². The van der Waals surface area contributed by atoms with E-state index in [9.17, 15) is 9.59 Å². The molecule has 120 valence electrons. The van der Waals surface area contributed by atoms with Crippen molar-refractivity contribution < 1.29 is 9.59 Å². The van der Waals surface area contributed by atoms with Crippen molar-refractivity contribution in [2.45, 2.75) is 70.4 Å². The van der Waals surface area contributed by atoms with Crippen molar-refractivity contribution in [2.75, 3.05) is 5.32 Å². The highest BCUT2D eigenvalue weighted by molar-refractivity contribution is 7.15. The lowest BCUT2D eigenvalue weighted by Gasteiger charge is -2.33. The number of hydrogen-bond donors (Lipinski definition) is 1. The summed E-state index contributed by atoms with van der Waals surface area (Å²) >= 11 is 1.61. The molecule has 7 heteroatoms. The summed E-state index contributed by atoms with van der Waals surface area (Å²) in [7, 11) is 0. The molecule has 2 amide bonds. The van der Waals surface area contributed by atoms with Gasteiger partial charge in [-0.3, -0.25) is 14.5 Å². The second-order valence-electron chi connectivity index (χ2n) is 6.41. The summed E-state index contributed by atoms with van der Waals surface area (Å²) in [5, 5.41) is 13.7. The Morgan fingerprint density at radius 1 is 1.09 bits per heavy atom. The van der Waals surface area contributed by atoms with Crippen LogP contribution >= 0.6 is 11.3 Å². The molecule has 22 heavy (non-hydrogen) atoms. The second-order valence-corrected chi connectivity index (χ2v) is 7.42. The number of amides is 2. The number of rotatable bonds is 4. The molecule has 0 aromatic carbocycles. The number of nitrogens with one attached hydrogen (secondary N) is 1. The highest BCUT2D eigenvalue weighted by Gasteiger charge is 2.36. The van der Waals surface area contributed by atoms with Gasteiger partial charge in [0, 0.05) is 30.8 Å². The Hall–Kier alpha value is -1.50. The van der Waals surface area contributed by atoms with Gasteiger partial charge in [0.2, 0.25) is 16.9 Å². The fourth-order valence-corrected chi connectivity index (χ4v) is 4.00. The molecule has 3 rings (SSSR count). The number of likely N-dealkylation sites (tertiary alicyclic amines) is 1. The quantitative estimate of drug-likeness (QED) is 0.862. The van der Waals surface area contributed by atoms with Crippen LogP contribution in [0.4, 0.5) is 5.13 Å². The standard InChI is InChI=1S/C15H22N4O2S/c1-9(2)14-17-18-15(22-14)16-10-3-5-11(6-4-10)19-12(20)7-8-13(19)21/h9-11H,3-8H2,1-2H3,(H,16,18). The highest BCUT2D eigenvalue weighted by atomic mass is 32.1. The molecule has 1 aromatic rings. The minimum Gasteiger partial charge on any atom is -0.357 e. The first-order chi connectivity index (χ1) is 10.5. The van der Waals surface area contributed by atoms with Crippen LogP contribution in [-0.4, -0.2) is 39.0 Å². The van der Waals surface area contributed by atoms with Crippen molar-refractivity contribution in [1.82, 2.24) is 15.1 Å². The zero-order valence-electron chi connectivity index (χ0n) is 13.0. The predicted molar refractivity (Wildman–Crippen MR) is 84.8 cm³/mol. The minimum atomic E-state index is 0.00658. The van der Waals surface area contributed by atoms with Crippen molar-refractivity contribution in [3.05, 3.63) is 5.01 Å². The molecule has 0 bridgehead atoms. The second kappa shape index (κ2) is 6.32. The molecule has 2 aliphatic rings. The van der Waals surface area contributed by atoms with Gasteiger partial charge >= 0.3 is 0 Å². The van der Waals surface area contributed by atoms with Crippen molar-refractivity contribution in [3.63, 3.8) is 0 Å². The van der Waals surface area contributed by atoms with Gasteiger partial charge in [-0.1, -0.05) is 25.2 Å². The molecule has 1 aliphatic carbocycles. The summed E-state index contributed by atoms with van der Waals surface area (Å²) in [6, 6.07) is 0.457. The van der Waals surface area contributed by atoms with Crippen LogP contribution in [0, 0.1) is 0 Å². The van der Waals surface area contributed by atoms with E-state index in [1.807, 2.05) is 0 Å². The molecule has 6 nitrogen and oxygen atoms in total. The van der Waals surface area contributed by atoms with Gasteiger partial charge in [-0.2, -0.15) is 0 Å². The summed E-state index contributed by atoms with van der Waals surface area (Å²) < 4.78 is 0. The van der Waals surface area contributed by atoms with Crippen molar-refractivity contribution in [3.8, 4) is 0 Å². The zero-order chi connectivity index (χ0) is 15.7. The third kappa shape index (κ3) is 3.14. The first-order valence-corrected chi connectivity index (χ1v) is 8.81. The van der Waals surface area contributed by atoms with Gasteiger partial charge < -0.3 is 5.32 Å². The number of carbonyl (C=O) groups is 2. The molecular formula is C15H22N4O2S. The van der Waals surface area contributed by atoms with Gasteiger partial charge in [0.25, 0.3) is 0 Å². The summed E-state index contributed by atoms with van der Waals surface area (Å²) in [4.78, 5) is 25.1. The van der Waals surface area contributed by atoms with Crippen molar-refractivity contribution in [2.24, 2.45) is 0 Å². The van der Waals surface area contributed by atoms with Gasteiger partial charge in [0.15, 0.2) is 0 Å². The third-order valence-corrected chi connectivity index (χ3v) is 5.57. The molecule has 0 spiro atoms. The van der Waals surface area contributed by atoms with E-state index in [4.69, 9.17) is 0 Å². The lowest BCUT2D eigenvalue weighted by Crippen LogP contribution is -2.43. The number of nitrogens with zero attached hydrogens (tertiary/aromatic N) is 3. The maximum absolute atomic E-state index is 11.8. The number of carbonyl (C=O) groups excluding carboxylic acids is 2.